The number of hydrogen-bond acceptors (Lipinski definition) is 3. The van der Waals surface area contributed by atoms with Crippen LogP contribution in [0.15, 0.2) is 29.3 Å². The van der Waals surface area contributed by atoms with E-state index in [0.717, 1.165) is 12.1 Å². The average molecular weight is 408 g/mol. The number of nitrogens with zero attached hydrogens (tertiary/aromatic N) is 2. The molecule has 0 aromatic heterocycles. The van der Waals surface area contributed by atoms with Crippen molar-refractivity contribution in [2.75, 3.05) is 32.4 Å². The first-order valence-corrected chi connectivity index (χ1v) is 10.3. The van der Waals surface area contributed by atoms with E-state index in [1.54, 1.807) is 26.8 Å². The second kappa shape index (κ2) is 9.93. The van der Waals surface area contributed by atoms with Crippen molar-refractivity contribution in [2.45, 2.75) is 33.0 Å². The lowest BCUT2D eigenvalue weighted by molar-refractivity contribution is -0.137. The van der Waals surface area contributed by atoms with Crippen LogP contribution >= 0.6 is 0 Å². The molecule has 27 heavy (non-hydrogen) atoms. The first kappa shape index (κ1) is 23.2. The first-order valence-electron chi connectivity index (χ1n) is 8.67. The molecule has 10 heteroatoms. The Bertz CT molecular complexity index is 732. The van der Waals surface area contributed by atoms with Gasteiger partial charge in [-0.15, -0.1) is 0 Å². The van der Waals surface area contributed by atoms with Crippen molar-refractivity contribution in [2.24, 2.45) is 4.99 Å². The fourth-order valence-corrected chi connectivity index (χ4v) is 3.92. The Kier molecular flexibility index (Phi) is 8.55. The molecule has 0 aliphatic heterocycles. The highest BCUT2D eigenvalue weighted by Gasteiger charge is 2.30. The molecule has 0 saturated carbocycles. The molecule has 0 radical (unpaired) electrons. The van der Waals surface area contributed by atoms with E-state index < -0.39 is 27.8 Å². The molecular weight excluding hydrogens is 381 g/mol. The van der Waals surface area contributed by atoms with Crippen LogP contribution in [0.3, 0.4) is 0 Å². The molecule has 0 heterocycles. The van der Waals surface area contributed by atoms with Crippen molar-refractivity contribution in [3.8, 4) is 0 Å². The molecule has 154 valence electrons. The third-order valence-electron chi connectivity index (χ3n) is 4.04. The van der Waals surface area contributed by atoms with Crippen LogP contribution in [0.2, 0.25) is 0 Å². The van der Waals surface area contributed by atoms with Crippen LogP contribution in [0.1, 0.15) is 37.9 Å². The molecule has 1 aromatic carbocycles. The van der Waals surface area contributed by atoms with Crippen LogP contribution < -0.4 is 10.6 Å². The van der Waals surface area contributed by atoms with Gasteiger partial charge in [-0.05, 0) is 24.6 Å². The molecule has 1 rings (SSSR count). The van der Waals surface area contributed by atoms with E-state index in [0.29, 0.717) is 24.6 Å². The van der Waals surface area contributed by atoms with Gasteiger partial charge in [0.25, 0.3) is 0 Å². The molecule has 2 N–H and O–H groups in total. The second-order valence-electron chi connectivity index (χ2n) is 5.89. The van der Waals surface area contributed by atoms with Gasteiger partial charge >= 0.3 is 6.18 Å². The Morgan fingerprint density at radius 1 is 1.26 bits per heavy atom. The highest BCUT2D eigenvalue weighted by atomic mass is 32.2. The van der Waals surface area contributed by atoms with Gasteiger partial charge in [0, 0.05) is 26.7 Å². The highest BCUT2D eigenvalue weighted by molar-refractivity contribution is 7.89. The monoisotopic (exact) mass is 408 g/mol. The molecular formula is C17H27F3N4O2S. The Morgan fingerprint density at radius 2 is 1.89 bits per heavy atom. The number of benzene rings is 1. The third-order valence-corrected chi connectivity index (χ3v) is 6.07. The van der Waals surface area contributed by atoms with E-state index in [1.807, 2.05) is 0 Å². The SMILES string of the molecule is CCN(CC)S(=O)(=O)CCNC(=NC)NC(C)c1cccc(C(F)(F)F)c1. The van der Waals surface area contributed by atoms with E-state index in [9.17, 15) is 21.6 Å². The number of hydrogen-bond donors (Lipinski definition) is 2. The Morgan fingerprint density at radius 3 is 2.41 bits per heavy atom. The van der Waals surface area contributed by atoms with E-state index >= 15 is 0 Å². The molecule has 6 nitrogen and oxygen atoms in total. The van der Waals surface area contributed by atoms with E-state index in [4.69, 9.17) is 0 Å². The van der Waals surface area contributed by atoms with Crippen molar-refractivity contribution in [1.29, 1.82) is 0 Å². The maximum absolute atomic E-state index is 12.8. The summed E-state index contributed by atoms with van der Waals surface area (Å²) in [6.45, 7) is 6.18. The zero-order valence-electron chi connectivity index (χ0n) is 16.0. The number of alkyl halides is 3. The van der Waals surface area contributed by atoms with Gasteiger partial charge in [0.05, 0.1) is 17.4 Å². The largest absolute Gasteiger partial charge is 0.416 e. The van der Waals surface area contributed by atoms with Crippen molar-refractivity contribution >= 4 is 16.0 Å². The van der Waals surface area contributed by atoms with Gasteiger partial charge < -0.3 is 10.6 Å². The zero-order valence-corrected chi connectivity index (χ0v) is 16.8. The summed E-state index contributed by atoms with van der Waals surface area (Å²) in [5, 5.41) is 5.85. The van der Waals surface area contributed by atoms with Crippen molar-refractivity contribution in [3.63, 3.8) is 0 Å². The summed E-state index contributed by atoms with van der Waals surface area (Å²) in [4.78, 5) is 3.99. The minimum atomic E-state index is -4.41. The van der Waals surface area contributed by atoms with Crippen molar-refractivity contribution in [3.05, 3.63) is 35.4 Å². The standard InChI is InChI=1S/C17H27F3N4O2S/c1-5-24(6-2)27(25,26)11-10-22-16(21-4)23-13(3)14-8-7-9-15(12-14)17(18,19)20/h7-9,12-13H,5-6,10-11H2,1-4H3,(H2,21,22,23). The van der Waals surface area contributed by atoms with Gasteiger partial charge in [-0.2, -0.15) is 13.2 Å². The predicted molar refractivity (Wildman–Crippen MR) is 101 cm³/mol. The molecule has 0 fully saturated rings. The molecule has 0 aliphatic rings. The van der Waals surface area contributed by atoms with Gasteiger partial charge in [0.1, 0.15) is 0 Å². The van der Waals surface area contributed by atoms with Crippen LogP contribution in [-0.2, 0) is 16.2 Å². The summed E-state index contributed by atoms with van der Waals surface area (Å²) in [7, 11) is -1.86. The number of nitrogens with one attached hydrogen (secondary N) is 2. The van der Waals surface area contributed by atoms with Crippen LogP contribution in [0.25, 0.3) is 0 Å². The number of halogens is 3. The van der Waals surface area contributed by atoms with Crippen LogP contribution in [0.4, 0.5) is 13.2 Å². The van der Waals surface area contributed by atoms with Gasteiger partial charge in [-0.25, -0.2) is 12.7 Å². The summed E-state index contributed by atoms with van der Waals surface area (Å²) < 4.78 is 64.2. The fourth-order valence-electron chi connectivity index (χ4n) is 2.51. The molecule has 0 bridgehead atoms. The Hall–Kier alpha value is -1.81. The molecule has 1 aromatic rings. The second-order valence-corrected chi connectivity index (χ2v) is 7.98. The highest BCUT2D eigenvalue weighted by Crippen LogP contribution is 2.30. The van der Waals surface area contributed by atoms with Gasteiger partial charge in [0.2, 0.25) is 10.0 Å². The Balaban J connectivity index is 2.69. The molecule has 1 unspecified atom stereocenters. The van der Waals surface area contributed by atoms with Gasteiger partial charge in [-0.1, -0.05) is 26.0 Å². The smallest absolute Gasteiger partial charge is 0.355 e. The van der Waals surface area contributed by atoms with Gasteiger partial charge in [-0.3, -0.25) is 4.99 Å². The molecule has 1 atom stereocenters. The first-order chi connectivity index (χ1) is 12.5. The summed E-state index contributed by atoms with van der Waals surface area (Å²) in [6, 6.07) is 4.59. The summed E-state index contributed by atoms with van der Waals surface area (Å²) in [5.74, 6) is 0.211. The van der Waals surface area contributed by atoms with E-state index in [1.165, 1.54) is 17.4 Å². The maximum Gasteiger partial charge on any atom is 0.416 e. The van der Waals surface area contributed by atoms with E-state index in [2.05, 4.69) is 15.6 Å². The molecule has 0 amide bonds. The topological polar surface area (TPSA) is 73.8 Å². The van der Waals surface area contributed by atoms with Crippen molar-refractivity contribution < 1.29 is 21.6 Å². The lowest BCUT2D eigenvalue weighted by Gasteiger charge is -2.21. The summed E-state index contributed by atoms with van der Waals surface area (Å²) in [5.41, 5.74) is -0.273. The molecule has 0 saturated heterocycles. The minimum Gasteiger partial charge on any atom is -0.355 e. The average Bonchev–Trinajstić information content (AvgIpc) is 2.60. The van der Waals surface area contributed by atoms with E-state index in [-0.39, 0.29) is 12.3 Å². The number of aliphatic imine (C=N–C) groups is 1. The number of sulfonamides is 1. The summed E-state index contributed by atoms with van der Waals surface area (Å²) in [6.07, 6.45) is -4.41. The lowest BCUT2D eigenvalue weighted by Crippen LogP contribution is -2.42. The Labute approximate surface area is 158 Å². The van der Waals surface area contributed by atoms with Crippen molar-refractivity contribution in [1.82, 2.24) is 14.9 Å². The van der Waals surface area contributed by atoms with Crippen LogP contribution in [-0.4, -0.2) is 51.1 Å². The van der Waals surface area contributed by atoms with Gasteiger partial charge in [0.15, 0.2) is 5.96 Å². The normalized spacial score (nSPS) is 14.3. The lowest BCUT2D eigenvalue weighted by atomic mass is 10.1. The quantitative estimate of drug-likeness (QED) is 0.512. The fraction of sp³-hybridized carbons (Fsp3) is 0.588. The maximum atomic E-state index is 12.8. The summed E-state index contributed by atoms with van der Waals surface area (Å²) >= 11 is 0. The predicted octanol–water partition coefficient (Wildman–Crippen LogP) is 2.60. The molecule has 0 spiro atoms. The van der Waals surface area contributed by atoms with Crippen LogP contribution in [0.5, 0.6) is 0 Å². The molecule has 0 aliphatic carbocycles. The third kappa shape index (κ3) is 7.02. The van der Waals surface area contributed by atoms with Crippen LogP contribution in [0, 0.1) is 0 Å². The minimum absolute atomic E-state index is 0.104. The number of guanidine groups is 1. The zero-order chi connectivity index (χ0) is 20.7. The number of rotatable bonds is 8.